The first kappa shape index (κ1) is 27.4. The number of rotatable bonds is 7. The molecule has 0 bridgehead atoms. The van der Waals surface area contributed by atoms with Crippen LogP contribution in [0.1, 0.15) is 72.2 Å². The van der Waals surface area contributed by atoms with Gasteiger partial charge in [0.15, 0.2) is 14.0 Å². The van der Waals surface area contributed by atoms with E-state index in [1.807, 2.05) is 26.8 Å². The number of benzene rings is 1. The minimum atomic E-state index is -2.11. The number of imide groups is 1. The van der Waals surface area contributed by atoms with Crippen molar-refractivity contribution in [1.82, 2.24) is 10.2 Å². The summed E-state index contributed by atoms with van der Waals surface area (Å²) < 4.78 is 12.8. The Bertz CT molecular complexity index is 1000. The highest BCUT2D eigenvalue weighted by Gasteiger charge is 2.54. The van der Waals surface area contributed by atoms with E-state index in [9.17, 15) is 14.4 Å². The summed E-state index contributed by atoms with van der Waals surface area (Å²) in [6, 6.07) is 6.61. The maximum atomic E-state index is 13.9. The molecule has 1 N–H and O–H groups in total. The van der Waals surface area contributed by atoms with Gasteiger partial charge in [-0.3, -0.25) is 14.4 Å². The number of amides is 3. The lowest BCUT2D eigenvalue weighted by Crippen LogP contribution is -2.69. The van der Waals surface area contributed by atoms with Gasteiger partial charge >= 0.3 is 0 Å². The molecule has 0 aromatic heterocycles. The number of hydrogen-bond donors (Lipinski definition) is 1. The number of carbonyl (C=O) groups is 3. The molecular weight excluding hydrogens is 460 g/mol. The Morgan fingerprint density at radius 3 is 2.31 bits per heavy atom. The number of nitrogens with one attached hydrogen (secondary N) is 1. The standard InChI is InChI=1S/C27H42N2O5Si/c1-16(2)15-27(8)29(25(32)19-13-11-12-14-20(19)33-27)24(31)17(3)22-21(23(30)28-22)18(4)34-35(9,10)26(5,6)7/h11-14,16-18,21-22H,15H2,1-10H3,(H,28,30)/t17-,18-,21-,22-,27?/m1/s1. The number of hydrogen-bond acceptors (Lipinski definition) is 5. The Balaban J connectivity index is 1.88. The molecule has 3 amide bonds. The number of fused-ring (bicyclic) bond motifs is 1. The maximum Gasteiger partial charge on any atom is 0.267 e. The monoisotopic (exact) mass is 502 g/mol. The molecule has 35 heavy (non-hydrogen) atoms. The van der Waals surface area contributed by atoms with Crippen LogP contribution in [-0.2, 0) is 14.0 Å². The third-order valence-electron chi connectivity index (χ3n) is 7.85. The van der Waals surface area contributed by atoms with Gasteiger partial charge in [-0.15, -0.1) is 0 Å². The Morgan fingerprint density at radius 2 is 1.77 bits per heavy atom. The van der Waals surface area contributed by atoms with E-state index in [2.05, 4.69) is 39.2 Å². The summed E-state index contributed by atoms with van der Waals surface area (Å²) in [5.74, 6) is -1.21. The van der Waals surface area contributed by atoms with Gasteiger partial charge in [0.25, 0.3) is 5.91 Å². The average molecular weight is 503 g/mol. The maximum absolute atomic E-state index is 13.9. The summed E-state index contributed by atoms with van der Waals surface area (Å²) in [7, 11) is -2.11. The van der Waals surface area contributed by atoms with Gasteiger partial charge in [-0.2, -0.15) is 0 Å². The van der Waals surface area contributed by atoms with Crippen molar-refractivity contribution in [2.75, 3.05) is 0 Å². The van der Waals surface area contributed by atoms with E-state index in [4.69, 9.17) is 9.16 Å². The van der Waals surface area contributed by atoms with Gasteiger partial charge in [-0.1, -0.05) is 53.7 Å². The zero-order valence-electron chi connectivity index (χ0n) is 22.9. The van der Waals surface area contributed by atoms with E-state index in [1.54, 1.807) is 32.0 Å². The first-order valence-corrected chi connectivity index (χ1v) is 15.6. The molecule has 1 fully saturated rings. The van der Waals surface area contributed by atoms with Crippen molar-refractivity contribution in [2.45, 2.75) is 97.8 Å². The molecule has 1 aromatic carbocycles. The molecule has 2 heterocycles. The van der Waals surface area contributed by atoms with Gasteiger partial charge in [0, 0.05) is 6.42 Å². The molecule has 0 aliphatic carbocycles. The third-order valence-corrected chi connectivity index (χ3v) is 12.4. The predicted octanol–water partition coefficient (Wildman–Crippen LogP) is 4.97. The lowest BCUT2D eigenvalue weighted by atomic mass is 9.78. The van der Waals surface area contributed by atoms with Gasteiger partial charge in [-0.05, 0) is 50.0 Å². The fourth-order valence-electron chi connectivity index (χ4n) is 5.00. The lowest BCUT2D eigenvalue weighted by Gasteiger charge is -2.49. The number of β-lactam (4-membered cyclic amide) rings is 1. The van der Waals surface area contributed by atoms with E-state index >= 15 is 0 Å². The van der Waals surface area contributed by atoms with Crippen molar-refractivity contribution in [3.8, 4) is 5.75 Å². The van der Waals surface area contributed by atoms with Crippen LogP contribution >= 0.6 is 0 Å². The molecule has 0 saturated carbocycles. The van der Waals surface area contributed by atoms with Crippen molar-refractivity contribution < 1.29 is 23.5 Å². The molecule has 5 atom stereocenters. The highest BCUT2D eigenvalue weighted by atomic mass is 28.4. The van der Waals surface area contributed by atoms with E-state index < -0.39 is 31.9 Å². The predicted molar refractivity (Wildman–Crippen MR) is 138 cm³/mol. The molecule has 8 heteroatoms. The largest absolute Gasteiger partial charge is 0.467 e. The van der Waals surface area contributed by atoms with E-state index in [1.165, 1.54) is 4.90 Å². The molecule has 2 aliphatic rings. The van der Waals surface area contributed by atoms with Crippen LogP contribution in [0.3, 0.4) is 0 Å². The molecule has 0 spiro atoms. The van der Waals surface area contributed by atoms with Gasteiger partial charge in [-0.25, -0.2) is 4.90 Å². The minimum Gasteiger partial charge on any atom is -0.467 e. The van der Waals surface area contributed by atoms with Gasteiger partial charge < -0.3 is 14.5 Å². The Kier molecular flexibility index (Phi) is 7.32. The molecule has 1 saturated heterocycles. The number of para-hydroxylation sites is 1. The Hall–Kier alpha value is -2.19. The van der Waals surface area contributed by atoms with Crippen LogP contribution in [0.25, 0.3) is 0 Å². The SMILES string of the molecule is CC(C)CC1(C)Oc2ccccc2C(=O)N1C(=O)[C@H](C)[C@H]1NC(=O)[C@@H]1[C@@H](C)O[Si](C)(C)C(C)(C)C. The number of nitrogens with zero attached hydrogens (tertiary/aromatic N) is 1. The van der Waals surface area contributed by atoms with Crippen molar-refractivity contribution in [1.29, 1.82) is 0 Å². The smallest absolute Gasteiger partial charge is 0.267 e. The van der Waals surface area contributed by atoms with Crippen LogP contribution in [0.15, 0.2) is 24.3 Å². The molecule has 3 rings (SSSR count). The van der Waals surface area contributed by atoms with E-state index in [0.29, 0.717) is 17.7 Å². The van der Waals surface area contributed by atoms with Crippen LogP contribution in [0, 0.1) is 17.8 Å². The Morgan fingerprint density at radius 1 is 1.17 bits per heavy atom. The van der Waals surface area contributed by atoms with Gasteiger partial charge in [0.1, 0.15) is 5.75 Å². The summed E-state index contributed by atoms with van der Waals surface area (Å²) >= 11 is 0. The normalized spacial score (nSPS) is 26.4. The van der Waals surface area contributed by atoms with Crippen LogP contribution < -0.4 is 10.1 Å². The summed E-state index contributed by atoms with van der Waals surface area (Å²) in [5, 5.41) is 2.92. The number of carbonyl (C=O) groups excluding carboxylic acids is 3. The van der Waals surface area contributed by atoms with Crippen molar-refractivity contribution in [3.05, 3.63) is 29.8 Å². The second kappa shape index (κ2) is 9.35. The topological polar surface area (TPSA) is 84.9 Å². The van der Waals surface area contributed by atoms with Crippen LogP contribution in [0.5, 0.6) is 5.75 Å². The summed E-state index contributed by atoms with van der Waals surface area (Å²) in [6.45, 7) is 20.4. The van der Waals surface area contributed by atoms with Crippen molar-refractivity contribution in [3.63, 3.8) is 0 Å². The zero-order valence-corrected chi connectivity index (χ0v) is 23.9. The average Bonchev–Trinajstić information content (AvgIpc) is 2.69. The Labute approximate surface area is 211 Å². The van der Waals surface area contributed by atoms with E-state index in [-0.39, 0.29) is 34.8 Å². The fourth-order valence-corrected chi connectivity index (χ4v) is 6.43. The van der Waals surface area contributed by atoms with Gasteiger partial charge in [0.2, 0.25) is 11.8 Å². The highest BCUT2D eigenvalue weighted by molar-refractivity contribution is 6.74. The van der Waals surface area contributed by atoms with Crippen LogP contribution in [-0.4, -0.2) is 48.8 Å². The molecule has 2 aliphatic heterocycles. The lowest BCUT2D eigenvalue weighted by molar-refractivity contribution is -0.158. The first-order chi connectivity index (χ1) is 16.0. The van der Waals surface area contributed by atoms with Crippen molar-refractivity contribution >= 4 is 26.0 Å². The second-order valence-electron chi connectivity index (χ2n) is 12.3. The van der Waals surface area contributed by atoms with Crippen LogP contribution in [0.4, 0.5) is 0 Å². The zero-order chi connectivity index (χ0) is 26.5. The quantitative estimate of drug-likeness (QED) is 0.420. The summed E-state index contributed by atoms with van der Waals surface area (Å²) in [6.07, 6.45) is 0.164. The second-order valence-corrected chi connectivity index (χ2v) is 17.0. The number of ether oxygens (including phenoxy) is 1. The first-order valence-electron chi connectivity index (χ1n) is 12.6. The van der Waals surface area contributed by atoms with Crippen LogP contribution in [0.2, 0.25) is 18.1 Å². The molecule has 1 aromatic rings. The fraction of sp³-hybridized carbons (Fsp3) is 0.667. The highest BCUT2D eigenvalue weighted by Crippen LogP contribution is 2.41. The summed E-state index contributed by atoms with van der Waals surface area (Å²) in [5.41, 5.74) is -0.740. The van der Waals surface area contributed by atoms with E-state index in [0.717, 1.165) is 0 Å². The third kappa shape index (κ3) is 5.05. The minimum absolute atomic E-state index is 0.00201. The molecule has 7 nitrogen and oxygen atoms in total. The summed E-state index contributed by atoms with van der Waals surface area (Å²) in [4.78, 5) is 41.4. The van der Waals surface area contributed by atoms with Gasteiger partial charge in [0.05, 0.1) is 29.5 Å². The molecular formula is C27H42N2O5Si. The van der Waals surface area contributed by atoms with Crippen molar-refractivity contribution in [2.24, 2.45) is 17.8 Å². The molecule has 194 valence electrons. The molecule has 0 radical (unpaired) electrons. The molecule has 1 unspecified atom stereocenters.